The van der Waals surface area contributed by atoms with E-state index in [1.165, 1.54) is 11.3 Å². The van der Waals surface area contributed by atoms with Gasteiger partial charge < -0.3 is 10.6 Å². The molecule has 0 bridgehead atoms. The van der Waals surface area contributed by atoms with Crippen LogP contribution in [-0.4, -0.2) is 18.1 Å². The number of thiazole rings is 1. The van der Waals surface area contributed by atoms with E-state index in [2.05, 4.69) is 23.7 Å². The van der Waals surface area contributed by atoms with E-state index < -0.39 is 0 Å². The highest BCUT2D eigenvalue weighted by atomic mass is 32.1. The number of rotatable bonds is 3. The van der Waals surface area contributed by atoms with Gasteiger partial charge in [-0.15, -0.1) is 0 Å². The van der Waals surface area contributed by atoms with Crippen molar-refractivity contribution in [3.8, 4) is 0 Å². The minimum atomic E-state index is 0.784. The zero-order valence-electron chi connectivity index (χ0n) is 6.87. The summed E-state index contributed by atoms with van der Waals surface area (Å²) in [7, 11) is 0. The van der Waals surface area contributed by atoms with Crippen molar-refractivity contribution in [3.05, 3.63) is 6.20 Å². The zero-order chi connectivity index (χ0) is 8.27. The molecule has 1 aromatic rings. The van der Waals surface area contributed by atoms with E-state index in [1.807, 2.05) is 0 Å². The molecule has 0 aliphatic heterocycles. The number of aromatic nitrogens is 1. The number of nitrogen functional groups attached to an aromatic ring is 1. The molecule has 0 aliphatic rings. The summed E-state index contributed by atoms with van der Waals surface area (Å²) in [6.45, 7) is 6.20. The highest BCUT2D eigenvalue weighted by Gasteiger charge is 2.04. The van der Waals surface area contributed by atoms with E-state index in [-0.39, 0.29) is 0 Å². The number of hydrogen-bond acceptors (Lipinski definition) is 4. The quantitative estimate of drug-likeness (QED) is 0.750. The lowest BCUT2D eigenvalue weighted by molar-refractivity contribution is 0.860. The van der Waals surface area contributed by atoms with Gasteiger partial charge in [0.05, 0.1) is 6.20 Å². The fourth-order valence-corrected chi connectivity index (χ4v) is 1.73. The summed E-state index contributed by atoms with van der Waals surface area (Å²) in [5, 5.41) is 1.81. The Balaban J connectivity index is 2.73. The van der Waals surface area contributed by atoms with Crippen molar-refractivity contribution in [2.75, 3.05) is 23.7 Å². The molecule has 0 aliphatic carbocycles. The maximum absolute atomic E-state index is 5.56. The van der Waals surface area contributed by atoms with Crippen LogP contribution in [0.25, 0.3) is 0 Å². The first-order valence-corrected chi connectivity index (χ1v) is 4.55. The van der Waals surface area contributed by atoms with E-state index in [4.69, 9.17) is 5.73 Å². The largest absolute Gasteiger partial charge is 0.389 e. The molecule has 0 fully saturated rings. The van der Waals surface area contributed by atoms with Gasteiger partial charge in [-0.2, -0.15) is 0 Å². The van der Waals surface area contributed by atoms with Gasteiger partial charge in [0.25, 0.3) is 0 Å². The summed E-state index contributed by atoms with van der Waals surface area (Å²) in [5.41, 5.74) is 5.56. The van der Waals surface area contributed by atoms with E-state index in [9.17, 15) is 0 Å². The van der Waals surface area contributed by atoms with Gasteiger partial charge in [-0.25, -0.2) is 4.98 Å². The van der Waals surface area contributed by atoms with Gasteiger partial charge in [0.15, 0.2) is 5.13 Å². The van der Waals surface area contributed by atoms with E-state index in [1.54, 1.807) is 6.20 Å². The molecule has 0 amide bonds. The van der Waals surface area contributed by atoms with Gasteiger partial charge in [-0.3, -0.25) is 0 Å². The summed E-state index contributed by atoms with van der Waals surface area (Å²) in [6.07, 6.45) is 1.71. The van der Waals surface area contributed by atoms with E-state index in [0.29, 0.717) is 0 Å². The van der Waals surface area contributed by atoms with Crippen molar-refractivity contribution < 1.29 is 0 Å². The second kappa shape index (κ2) is 3.57. The fourth-order valence-electron chi connectivity index (χ4n) is 0.917. The van der Waals surface area contributed by atoms with Gasteiger partial charge in [0.1, 0.15) is 5.00 Å². The molecule has 4 heteroatoms. The Labute approximate surface area is 70.9 Å². The molecule has 1 heterocycles. The van der Waals surface area contributed by atoms with Crippen LogP contribution in [0.2, 0.25) is 0 Å². The Morgan fingerprint density at radius 2 is 2.18 bits per heavy atom. The second-order valence-corrected chi connectivity index (χ2v) is 3.26. The second-order valence-electron chi connectivity index (χ2n) is 2.22. The average Bonchev–Trinajstić information content (AvgIpc) is 2.39. The van der Waals surface area contributed by atoms with Crippen molar-refractivity contribution >= 4 is 21.5 Å². The van der Waals surface area contributed by atoms with Gasteiger partial charge in [0.2, 0.25) is 0 Å². The van der Waals surface area contributed by atoms with Gasteiger partial charge in [-0.05, 0) is 13.8 Å². The summed E-state index contributed by atoms with van der Waals surface area (Å²) < 4.78 is 0. The van der Waals surface area contributed by atoms with Crippen molar-refractivity contribution in [1.82, 2.24) is 4.98 Å². The molecule has 2 N–H and O–H groups in total. The molecule has 3 nitrogen and oxygen atoms in total. The van der Waals surface area contributed by atoms with Crippen molar-refractivity contribution in [2.24, 2.45) is 0 Å². The van der Waals surface area contributed by atoms with Crippen LogP contribution < -0.4 is 10.6 Å². The topological polar surface area (TPSA) is 42.2 Å². The minimum absolute atomic E-state index is 0.784. The summed E-state index contributed by atoms with van der Waals surface area (Å²) >= 11 is 1.54. The zero-order valence-corrected chi connectivity index (χ0v) is 7.69. The fraction of sp³-hybridized carbons (Fsp3) is 0.571. The molecule has 1 aromatic heterocycles. The molecule has 62 valence electrons. The maximum atomic E-state index is 5.56. The van der Waals surface area contributed by atoms with Crippen LogP contribution in [0.3, 0.4) is 0 Å². The van der Waals surface area contributed by atoms with E-state index in [0.717, 1.165) is 23.2 Å². The van der Waals surface area contributed by atoms with Gasteiger partial charge >= 0.3 is 0 Å². The van der Waals surface area contributed by atoms with Crippen LogP contribution in [0.4, 0.5) is 10.1 Å². The van der Waals surface area contributed by atoms with Crippen LogP contribution >= 0.6 is 11.3 Å². The predicted molar refractivity (Wildman–Crippen MR) is 50.1 cm³/mol. The number of nitrogens with zero attached hydrogens (tertiary/aromatic N) is 2. The van der Waals surface area contributed by atoms with Crippen LogP contribution in [0.15, 0.2) is 6.20 Å². The van der Waals surface area contributed by atoms with Crippen LogP contribution in [-0.2, 0) is 0 Å². The molecule has 0 unspecified atom stereocenters. The van der Waals surface area contributed by atoms with Gasteiger partial charge in [0, 0.05) is 13.1 Å². The Hall–Kier alpha value is -0.770. The van der Waals surface area contributed by atoms with Crippen LogP contribution in [0.1, 0.15) is 13.8 Å². The maximum Gasteiger partial charge on any atom is 0.187 e. The molecule has 11 heavy (non-hydrogen) atoms. The molecule has 0 atom stereocenters. The smallest absolute Gasteiger partial charge is 0.187 e. The lowest BCUT2D eigenvalue weighted by Gasteiger charge is -2.16. The summed E-state index contributed by atoms with van der Waals surface area (Å²) in [6, 6.07) is 0. The van der Waals surface area contributed by atoms with E-state index >= 15 is 0 Å². The van der Waals surface area contributed by atoms with Crippen LogP contribution in [0, 0.1) is 0 Å². The monoisotopic (exact) mass is 171 g/mol. The Morgan fingerprint density at radius 3 is 2.55 bits per heavy atom. The lowest BCUT2D eigenvalue weighted by Crippen LogP contribution is -2.21. The first-order chi connectivity index (χ1) is 5.27. The molecular weight excluding hydrogens is 158 g/mol. The standard InChI is InChI=1S/C7H13N3S/c1-3-10(4-2)7-9-5-6(8)11-7/h5H,3-4,8H2,1-2H3. The third-order valence-corrected chi connectivity index (χ3v) is 2.43. The predicted octanol–water partition coefficient (Wildman–Crippen LogP) is 1.57. The third kappa shape index (κ3) is 1.83. The molecule has 0 spiro atoms. The lowest BCUT2D eigenvalue weighted by atomic mass is 10.6. The third-order valence-electron chi connectivity index (χ3n) is 1.55. The Bertz CT molecular complexity index is 217. The molecule has 1 rings (SSSR count). The molecule has 0 saturated carbocycles. The normalized spacial score (nSPS) is 10.0. The Kier molecular flexibility index (Phi) is 2.70. The van der Waals surface area contributed by atoms with Crippen molar-refractivity contribution in [1.29, 1.82) is 0 Å². The highest BCUT2D eigenvalue weighted by Crippen LogP contribution is 2.23. The SMILES string of the molecule is CCN(CC)c1ncc(N)s1. The first kappa shape index (κ1) is 8.33. The average molecular weight is 171 g/mol. The summed E-state index contributed by atoms with van der Waals surface area (Å²) in [5.74, 6) is 0. The number of hydrogen-bond donors (Lipinski definition) is 1. The van der Waals surface area contributed by atoms with Crippen molar-refractivity contribution in [2.45, 2.75) is 13.8 Å². The molecule has 0 radical (unpaired) electrons. The van der Waals surface area contributed by atoms with Gasteiger partial charge in [-0.1, -0.05) is 11.3 Å². The first-order valence-electron chi connectivity index (χ1n) is 3.74. The Morgan fingerprint density at radius 1 is 1.55 bits per heavy atom. The molecular formula is C7H13N3S. The number of anilines is 2. The number of nitrogens with two attached hydrogens (primary N) is 1. The minimum Gasteiger partial charge on any atom is -0.389 e. The van der Waals surface area contributed by atoms with Crippen molar-refractivity contribution in [3.63, 3.8) is 0 Å². The molecule has 0 aromatic carbocycles. The molecule has 0 saturated heterocycles. The van der Waals surface area contributed by atoms with Crippen LogP contribution in [0.5, 0.6) is 0 Å². The highest BCUT2D eigenvalue weighted by molar-refractivity contribution is 7.19. The summed E-state index contributed by atoms with van der Waals surface area (Å²) in [4.78, 5) is 6.36.